The summed E-state index contributed by atoms with van der Waals surface area (Å²) in [5, 5.41) is 3.56. The van der Waals surface area contributed by atoms with Gasteiger partial charge in [0.1, 0.15) is 0 Å². The molecule has 2 heterocycles. The van der Waals surface area contributed by atoms with E-state index in [1.165, 1.54) is 19.8 Å². The van der Waals surface area contributed by atoms with Crippen molar-refractivity contribution in [1.82, 2.24) is 5.32 Å². The van der Waals surface area contributed by atoms with Crippen LogP contribution in [0.3, 0.4) is 0 Å². The van der Waals surface area contributed by atoms with E-state index in [2.05, 4.69) is 41.2 Å². The fourth-order valence-electron chi connectivity index (χ4n) is 1.74. The first-order valence-corrected chi connectivity index (χ1v) is 7.34. The SMILES string of the molecule is CCCNC(c1ccoc1)c1cc(C)c(Br)s1. The van der Waals surface area contributed by atoms with Gasteiger partial charge in [-0.25, -0.2) is 0 Å². The van der Waals surface area contributed by atoms with Gasteiger partial charge in [0.2, 0.25) is 0 Å². The van der Waals surface area contributed by atoms with E-state index in [-0.39, 0.29) is 6.04 Å². The monoisotopic (exact) mass is 313 g/mol. The quantitative estimate of drug-likeness (QED) is 0.879. The van der Waals surface area contributed by atoms with Crippen LogP contribution in [0.25, 0.3) is 0 Å². The second-order valence-electron chi connectivity index (χ2n) is 4.05. The van der Waals surface area contributed by atoms with Crippen LogP contribution >= 0.6 is 27.3 Å². The molecule has 0 aliphatic heterocycles. The molecule has 0 aliphatic rings. The van der Waals surface area contributed by atoms with Crippen molar-refractivity contribution in [3.8, 4) is 0 Å². The summed E-state index contributed by atoms with van der Waals surface area (Å²) >= 11 is 5.37. The molecule has 0 amide bonds. The van der Waals surface area contributed by atoms with Gasteiger partial charge in [0, 0.05) is 10.4 Å². The van der Waals surface area contributed by atoms with Crippen LogP contribution in [-0.2, 0) is 0 Å². The summed E-state index contributed by atoms with van der Waals surface area (Å²) < 4.78 is 6.39. The van der Waals surface area contributed by atoms with Gasteiger partial charge < -0.3 is 9.73 Å². The van der Waals surface area contributed by atoms with Crippen LogP contribution in [-0.4, -0.2) is 6.54 Å². The molecular weight excluding hydrogens is 298 g/mol. The highest BCUT2D eigenvalue weighted by Gasteiger charge is 2.17. The largest absolute Gasteiger partial charge is 0.472 e. The van der Waals surface area contributed by atoms with Crippen molar-refractivity contribution in [1.29, 1.82) is 0 Å². The third-order valence-corrected chi connectivity index (χ3v) is 4.84. The van der Waals surface area contributed by atoms with Gasteiger partial charge in [-0.2, -0.15) is 0 Å². The fourth-order valence-corrected chi connectivity index (χ4v) is 3.41. The van der Waals surface area contributed by atoms with Gasteiger partial charge >= 0.3 is 0 Å². The smallest absolute Gasteiger partial charge is 0.0954 e. The van der Waals surface area contributed by atoms with Crippen LogP contribution in [0.1, 0.15) is 35.4 Å². The van der Waals surface area contributed by atoms with E-state index in [1.807, 2.05) is 12.3 Å². The Morgan fingerprint density at radius 3 is 2.88 bits per heavy atom. The molecule has 1 unspecified atom stereocenters. The van der Waals surface area contributed by atoms with Crippen molar-refractivity contribution in [3.05, 3.63) is 44.4 Å². The zero-order valence-corrected chi connectivity index (χ0v) is 12.4. The Balaban J connectivity index is 2.26. The molecule has 0 saturated heterocycles. The van der Waals surface area contributed by atoms with E-state index >= 15 is 0 Å². The minimum Gasteiger partial charge on any atom is -0.472 e. The number of halogens is 1. The predicted octanol–water partition coefficient (Wildman–Crippen LogP) is 4.50. The molecule has 0 spiro atoms. The normalized spacial score (nSPS) is 12.9. The average Bonchev–Trinajstić information content (AvgIpc) is 2.92. The van der Waals surface area contributed by atoms with E-state index in [0.717, 1.165) is 13.0 Å². The van der Waals surface area contributed by atoms with Crippen LogP contribution in [0.2, 0.25) is 0 Å². The maximum Gasteiger partial charge on any atom is 0.0954 e. The van der Waals surface area contributed by atoms with Crippen molar-refractivity contribution in [2.24, 2.45) is 0 Å². The van der Waals surface area contributed by atoms with Crippen molar-refractivity contribution < 1.29 is 4.42 Å². The molecule has 0 bridgehead atoms. The first-order chi connectivity index (χ1) is 8.22. The van der Waals surface area contributed by atoms with Crippen LogP contribution in [0.4, 0.5) is 0 Å². The maximum absolute atomic E-state index is 5.19. The maximum atomic E-state index is 5.19. The number of hydrogen-bond acceptors (Lipinski definition) is 3. The third kappa shape index (κ3) is 3.00. The van der Waals surface area contributed by atoms with Crippen molar-refractivity contribution >= 4 is 27.3 Å². The van der Waals surface area contributed by atoms with Crippen LogP contribution in [0, 0.1) is 6.92 Å². The second kappa shape index (κ2) is 5.85. The second-order valence-corrected chi connectivity index (χ2v) is 6.45. The molecule has 2 rings (SSSR count). The van der Waals surface area contributed by atoms with Gasteiger partial charge in [0.25, 0.3) is 0 Å². The molecule has 1 N–H and O–H groups in total. The van der Waals surface area contributed by atoms with Crippen LogP contribution in [0.5, 0.6) is 0 Å². The minimum absolute atomic E-state index is 0.240. The first-order valence-electron chi connectivity index (χ1n) is 5.73. The molecule has 0 fully saturated rings. The van der Waals surface area contributed by atoms with Gasteiger partial charge in [-0.3, -0.25) is 0 Å². The summed E-state index contributed by atoms with van der Waals surface area (Å²) in [4.78, 5) is 1.32. The van der Waals surface area contributed by atoms with E-state index in [4.69, 9.17) is 4.42 Å². The van der Waals surface area contributed by atoms with Gasteiger partial charge in [-0.1, -0.05) is 6.92 Å². The molecule has 0 aliphatic carbocycles. The lowest BCUT2D eigenvalue weighted by atomic mass is 10.1. The lowest BCUT2D eigenvalue weighted by Crippen LogP contribution is -2.21. The van der Waals surface area contributed by atoms with Crippen molar-refractivity contribution in [2.45, 2.75) is 26.3 Å². The van der Waals surface area contributed by atoms with Gasteiger partial charge in [-0.15, -0.1) is 11.3 Å². The molecule has 2 aromatic heterocycles. The summed E-state index contributed by atoms with van der Waals surface area (Å²) in [6.07, 6.45) is 4.67. The number of rotatable bonds is 5. The molecule has 92 valence electrons. The van der Waals surface area contributed by atoms with Crippen molar-refractivity contribution in [3.63, 3.8) is 0 Å². The number of nitrogens with one attached hydrogen (secondary N) is 1. The fraction of sp³-hybridized carbons (Fsp3) is 0.385. The van der Waals surface area contributed by atoms with E-state index in [1.54, 1.807) is 17.6 Å². The third-order valence-electron chi connectivity index (χ3n) is 2.64. The molecule has 17 heavy (non-hydrogen) atoms. The number of hydrogen-bond donors (Lipinski definition) is 1. The Labute approximate surface area is 114 Å². The van der Waals surface area contributed by atoms with Crippen LogP contribution < -0.4 is 5.32 Å². The Hall–Kier alpha value is -0.580. The minimum atomic E-state index is 0.240. The average molecular weight is 314 g/mol. The van der Waals surface area contributed by atoms with Gasteiger partial charge in [-0.05, 0) is 53.5 Å². The van der Waals surface area contributed by atoms with E-state index < -0.39 is 0 Å². The topological polar surface area (TPSA) is 25.2 Å². The van der Waals surface area contributed by atoms with Crippen LogP contribution in [0.15, 0.2) is 32.9 Å². The molecule has 1 atom stereocenters. The number of aryl methyl sites for hydroxylation is 1. The first kappa shape index (κ1) is 12.9. The summed E-state index contributed by atoms with van der Waals surface area (Å²) in [5.74, 6) is 0. The summed E-state index contributed by atoms with van der Waals surface area (Å²) in [6.45, 7) is 5.30. The Morgan fingerprint density at radius 2 is 2.35 bits per heavy atom. The Bertz CT molecular complexity index is 444. The Morgan fingerprint density at radius 1 is 1.53 bits per heavy atom. The van der Waals surface area contributed by atoms with E-state index in [0.29, 0.717) is 0 Å². The molecule has 2 nitrogen and oxygen atoms in total. The lowest BCUT2D eigenvalue weighted by Gasteiger charge is -2.15. The molecule has 4 heteroatoms. The summed E-state index contributed by atoms with van der Waals surface area (Å²) in [7, 11) is 0. The molecule has 0 saturated carbocycles. The summed E-state index contributed by atoms with van der Waals surface area (Å²) in [6, 6.07) is 4.49. The zero-order valence-electron chi connectivity index (χ0n) is 10.00. The highest BCUT2D eigenvalue weighted by atomic mass is 79.9. The van der Waals surface area contributed by atoms with Gasteiger partial charge in [0.15, 0.2) is 0 Å². The predicted molar refractivity (Wildman–Crippen MR) is 75.6 cm³/mol. The molecule has 0 radical (unpaired) electrons. The number of thiophene rings is 1. The Kier molecular flexibility index (Phi) is 4.42. The van der Waals surface area contributed by atoms with Crippen molar-refractivity contribution in [2.75, 3.05) is 6.54 Å². The van der Waals surface area contributed by atoms with E-state index in [9.17, 15) is 0 Å². The number of furan rings is 1. The zero-order chi connectivity index (χ0) is 12.3. The molecule has 0 aromatic carbocycles. The molecule has 2 aromatic rings. The molecular formula is C13H16BrNOS. The highest BCUT2D eigenvalue weighted by molar-refractivity contribution is 9.11. The lowest BCUT2D eigenvalue weighted by molar-refractivity contribution is 0.550. The highest BCUT2D eigenvalue weighted by Crippen LogP contribution is 2.34. The van der Waals surface area contributed by atoms with Gasteiger partial charge in [0.05, 0.1) is 22.4 Å². The summed E-state index contributed by atoms with van der Waals surface area (Å²) in [5.41, 5.74) is 2.48. The standard InChI is InChI=1S/C13H16BrNOS/c1-3-5-15-12(10-4-6-16-8-10)11-7-9(2)13(14)17-11/h4,6-8,12,15H,3,5H2,1-2H3.